The van der Waals surface area contributed by atoms with Gasteiger partial charge in [0.1, 0.15) is 5.75 Å². The molecule has 0 spiro atoms. The van der Waals surface area contributed by atoms with Gasteiger partial charge in [-0.2, -0.15) is 13.2 Å². The molecule has 0 unspecified atom stereocenters. The fraction of sp³-hybridized carbons (Fsp3) is 0.188. The Morgan fingerprint density at radius 1 is 1.18 bits per heavy atom. The van der Waals surface area contributed by atoms with Gasteiger partial charge in [0, 0.05) is 6.54 Å². The molecule has 3 nitrogen and oxygen atoms in total. The first-order valence-corrected chi connectivity index (χ1v) is 6.51. The molecule has 22 heavy (non-hydrogen) atoms. The fourth-order valence-corrected chi connectivity index (χ4v) is 1.97. The van der Waals surface area contributed by atoms with Crippen molar-refractivity contribution >= 4 is 5.91 Å². The molecule has 6 heteroatoms. The Morgan fingerprint density at radius 3 is 2.55 bits per heavy atom. The van der Waals surface area contributed by atoms with E-state index in [4.69, 9.17) is 0 Å². The van der Waals surface area contributed by atoms with E-state index in [1.165, 1.54) is 24.3 Å². The van der Waals surface area contributed by atoms with Crippen molar-refractivity contribution in [2.45, 2.75) is 19.6 Å². The largest absolute Gasteiger partial charge is 0.507 e. The lowest BCUT2D eigenvalue weighted by molar-refractivity contribution is -0.137. The van der Waals surface area contributed by atoms with E-state index in [1.807, 2.05) is 0 Å². The van der Waals surface area contributed by atoms with Gasteiger partial charge in [-0.25, -0.2) is 0 Å². The highest BCUT2D eigenvalue weighted by Gasteiger charge is 2.30. The molecule has 0 atom stereocenters. The van der Waals surface area contributed by atoms with Crippen molar-refractivity contribution in [1.29, 1.82) is 0 Å². The lowest BCUT2D eigenvalue weighted by Gasteiger charge is -2.10. The Bertz CT molecular complexity index is 696. The summed E-state index contributed by atoms with van der Waals surface area (Å²) in [6.07, 6.45) is -4.42. The molecule has 0 aromatic heterocycles. The summed E-state index contributed by atoms with van der Waals surface area (Å²) in [4.78, 5) is 11.9. The first-order valence-electron chi connectivity index (χ1n) is 6.51. The number of carbonyl (C=O) groups is 1. The van der Waals surface area contributed by atoms with Gasteiger partial charge >= 0.3 is 6.18 Å². The monoisotopic (exact) mass is 309 g/mol. The predicted octanol–water partition coefficient (Wildman–Crippen LogP) is 3.65. The van der Waals surface area contributed by atoms with E-state index in [9.17, 15) is 23.1 Å². The third-order valence-corrected chi connectivity index (χ3v) is 3.11. The van der Waals surface area contributed by atoms with E-state index in [-0.39, 0.29) is 17.9 Å². The van der Waals surface area contributed by atoms with E-state index >= 15 is 0 Å². The number of phenolic OH excluding ortho intramolecular Hbond substituents is 1. The van der Waals surface area contributed by atoms with Crippen LogP contribution < -0.4 is 5.32 Å². The average molecular weight is 309 g/mol. The van der Waals surface area contributed by atoms with Crippen molar-refractivity contribution in [2.24, 2.45) is 0 Å². The lowest BCUT2D eigenvalue weighted by Crippen LogP contribution is -2.23. The molecule has 0 aliphatic heterocycles. The molecule has 2 rings (SSSR count). The molecule has 0 radical (unpaired) electrons. The fourth-order valence-electron chi connectivity index (χ4n) is 1.97. The molecule has 0 heterocycles. The van der Waals surface area contributed by atoms with Crippen LogP contribution >= 0.6 is 0 Å². The second kappa shape index (κ2) is 6.09. The van der Waals surface area contributed by atoms with Crippen LogP contribution in [-0.2, 0) is 12.7 Å². The summed E-state index contributed by atoms with van der Waals surface area (Å²) in [5, 5.41) is 12.2. The van der Waals surface area contributed by atoms with Crippen LogP contribution in [0.5, 0.6) is 5.75 Å². The number of carbonyl (C=O) groups excluding carboxylic acids is 1. The number of rotatable bonds is 3. The predicted molar refractivity (Wildman–Crippen MR) is 75.5 cm³/mol. The number of benzene rings is 2. The molecule has 0 bridgehead atoms. The van der Waals surface area contributed by atoms with Gasteiger partial charge in [0.25, 0.3) is 5.91 Å². The molecule has 2 aromatic carbocycles. The minimum Gasteiger partial charge on any atom is -0.507 e. The Morgan fingerprint density at radius 2 is 1.91 bits per heavy atom. The highest BCUT2D eigenvalue weighted by atomic mass is 19.4. The van der Waals surface area contributed by atoms with Gasteiger partial charge in [-0.3, -0.25) is 4.79 Å². The maximum Gasteiger partial charge on any atom is 0.416 e. The third-order valence-electron chi connectivity index (χ3n) is 3.11. The van der Waals surface area contributed by atoms with Crippen LogP contribution in [0.4, 0.5) is 13.2 Å². The van der Waals surface area contributed by atoms with Crippen LogP contribution in [0.2, 0.25) is 0 Å². The number of nitrogens with one attached hydrogen (secondary N) is 1. The Balaban J connectivity index is 2.08. The zero-order chi connectivity index (χ0) is 16.3. The number of aromatic hydroxyl groups is 1. The second-order valence-corrected chi connectivity index (χ2v) is 4.90. The van der Waals surface area contributed by atoms with Crippen molar-refractivity contribution in [3.8, 4) is 5.75 Å². The summed E-state index contributed by atoms with van der Waals surface area (Å²) in [6, 6.07) is 9.30. The maximum absolute atomic E-state index is 12.6. The zero-order valence-electron chi connectivity index (χ0n) is 11.7. The van der Waals surface area contributed by atoms with Crippen molar-refractivity contribution in [1.82, 2.24) is 5.32 Å². The lowest BCUT2D eigenvalue weighted by atomic mass is 10.1. The van der Waals surface area contributed by atoms with Crippen molar-refractivity contribution in [2.75, 3.05) is 0 Å². The summed E-state index contributed by atoms with van der Waals surface area (Å²) < 4.78 is 37.8. The SMILES string of the molecule is Cc1ccc(C(=O)NCc2cccc(C(F)(F)F)c2)c(O)c1. The quantitative estimate of drug-likeness (QED) is 0.909. The number of phenols is 1. The summed E-state index contributed by atoms with van der Waals surface area (Å²) in [5.41, 5.74) is 0.441. The minimum absolute atomic E-state index is 0.0595. The Hall–Kier alpha value is -2.50. The summed E-state index contributed by atoms with van der Waals surface area (Å²) in [7, 11) is 0. The molecule has 0 aliphatic carbocycles. The van der Waals surface area contributed by atoms with E-state index < -0.39 is 17.6 Å². The number of hydrogen-bond acceptors (Lipinski definition) is 2. The van der Waals surface area contributed by atoms with E-state index in [2.05, 4.69) is 5.32 Å². The van der Waals surface area contributed by atoms with Gasteiger partial charge in [-0.1, -0.05) is 18.2 Å². The smallest absolute Gasteiger partial charge is 0.416 e. The van der Waals surface area contributed by atoms with E-state index in [1.54, 1.807) is 13.0 Å². The summed E-state index contributed by atoms with van der Waals surface area (Å²) in [5.74, 6) is -0.712. The van der Waals surface area contributed by atoms with E-state index in [0.717, 1.165) is 17.7 Å². The van der Waals surface area contributed by atoms with Crippen LogP contribution in [0.1, 0.15) is 27.0 Å². The van der Waals surface area contributed by atoms with Crippen LogP contribution in [0, 0.1) is 6.92 Å². The number of halogens is 3. The molecule has 0 fully saturated rings. The number of aryl methyl sites for hydroxylation is 1. The first kappa shape index (κ1) is 15.9. The van der Waals surface area contributed by atoms with Crippen LogP contribution in [-0.4, -0.2) is 11.0 Å². The topological polar surface area (TPSA) is 49.3 Å². The van der Waals surface area contributed by atoms with Gasteiger partial charge in [0.15, 0.2) is 0 Å². The molecule has 116 valence electrons. The van der Waals surface area contributed by atoms with Gasteiger partial charge in [0.05, 0.1) is 11.1 Å². The number of hydrogen-bond donors (Lipinski definition) is 2. The minimum atomic E-state index is -4.42. The number of alkyl halides is 3. The van der Waals surface area contributed by atoms with Gasteiger partial charge in [-0.05, 0) is 42.3 Å². The molecule has 0 saturated carbocycles. The molecule has 1 amide bonds. The van der Waals surface area contributed by atoms with Gasteiger partial charge < -0.3 is 10.4 Å². The van der Waals surface area contributed by atoms with Crippen LogP contribution in [0.3, 0.4) is 0 Å². The van der Waals surface area contributed by atoms with Gasteiger partial charge in [0.2, 0.25) is 0 Å². The Kier molecular flexibility index (Phi) is 4.40. The summed E-state index contributed by atoms with van der Waals surface area (Å²) >= 11 is 0. The average Bonchev–Trinajstić information content (AvgIpc) is 2.44. The van der Waals surface area contributed by atoms with E-state index in [0.29, 0.717) is 5.56 Å². The molecule has 0 saturated heterocycles. The number of amides is 1. The van der Waals surface area contributed by atoms with Crippen molar-refractivity contribution < 1.29 is 23.1 Å². The highest BCUT2D eigenvalue weighted by molar-refractivity contribution is 5.96. The molecule has 2 aromatic rings. The molecular weight excluding hydrogens is 295 g/mol. The molecule has 0 aliphatic rings. The zero-order valence-corrected chi connectivity index (χ0v) is 11.7. The maximum atomic E-state index is 12.6. The summed E-state index contributed by atoms with van der Waals surface area (Å²) in [6.45, 7) is 1.71. The molecular formula is C16H14F3NO2. The highest BCUT2D eigenvalue weighted by Crippen LogP contribution is 2.29. The van der Waals surface area contributed by atoms with Crippen molar-refractivity contribution in [3.63, 3.8) is 0 Å². The second-order valence-electron chi connectivity index (χ2n) is 4.90. The van der Waals surface area contributed by atoms with Crippen LogP contribution in [0.25, 0.3) is 0 Å². The standard InChI is InChI=1S/C16H14F3NO2/c1-10-5-6-13(14(21)7-10)15(22)20-9-11-3-2-4-12(8-11)16(17,18)19/h2-8,21H,9H2,1H3,(H,20,22). The molecule has 2 N–H and O–H groups in total. The van der Waals surface area contributed by atoms with Crippen molar-refractivity contribution in [3.05, 3.63) is 64.7 Å². The third kappa shape index (κ3) is 3.78. The van der Waals surface area contributed by atoms with Gasteiger partial charge in [-0.15, -0.1) is 0 Å². The normalized spacial score (nSPS) is 11.3. The van der Waals surface area contributed by atoms with Crippen LogP contribution in [0.15, 0.2) is 42.5 Å². The Labute approximate surface area is 125 Å². The first-order chi connectivity index (χ1) is 10.3.